The summed E-state index contributed by atoms with van der Waals surface area (Å²) < 4.78 is 0. The van der Waals surface area contributed by atoms with Gasteiger partial charge in [-0.05, 0) is 24.8 Å². The van der Waals surface area contributed by atoms with Crippen molar-refractivity contribution in [3.8, 4) is 0 Å². The molecule has 1 aliphatic rings. The zero-order valence-electron chi connectivity index (χ0n) is 8.97. The highest BCUT2D eigenvalue weighted by Gasteiger charge is 2.36. The Morgan fingerprint density at radius 1 is 1.64 bits per heavy atom. The molecule has 0 aromatic heterocycles. The predicted octanol–water partition coefficient (Wildman–Crippen LogP) is -0.127. The fourth-order valence-electron chi connectivity index (χ4n) is 1.94. The molecule has 1 saturated heterocycles. The molecule has 4 nitrogen and oxygen atoms in total. The first-order valence-corrected chi connectivity index (χ1v) is 5.20. The molecule has 0 aliphatic carbocycles. The third-order valence-electron chi connectivity index (χ3n) is 2.80. The first-order chi connectivity index (χ1) is 6.58. The van der Waals surface area contributed by atoms with Crippen molar-refractivity contribution in [1.29, 1.82) is 0 Å². The van der Waals surface area contributed by atoms with Crippen LogP contribution >= 0.6 is 0 Å². The Kier molecular flexibility index (Phi) is 3.89. The van der Waals surface area contributed by atoms with E-state index in [1.165, 1.54) is 0 Å². The summed E-state index contributed by atoms with van der Waals surface area (Å²) in [6.45, 7) is 5.44. The summed E-state index contributed by atoms with van der Waals surface area (Å²) >= 11 is 0. The smallest absolute Gasteiger partial charge is 0.237 e. The first-order valence-electron chi connectivity index (χ1n) is 5.20. The van der Waals surface area contributed by atoms with E-state index in [2.05, 4.69) is 24.5 Å². The van der Waals surface area contributed by atoms with Crippen molar-refractivity contribution >= 4 is 5.91 Å². The fourth-order valence-corrected chi connectivity index (χ4v) is 1.94. The van der Waals surface area contributed by atoms with Crippen LogP contribution in [0.1, 0.15) is 26.7 Å². The molecule has 0 bridgehead atoms. The lowest BCUT2D eigenvalue weighted by molar-refractivity contribution is -0.126. The maximum Gasteiger partial charge on any atom is 0.237 e. The van der Waals surface area contributed by atoms with Crippen molar-refractivity contribution in [2.24, 2.45) is 5.41 Å². The van der Waals surface area contributed by atoms with Crippen molar-refractivity contribution in [2.75, 3.05) is 19.7 Å². The Morgan fingerprint density at radius 3 is 2.93 bits per heavy atom. The van der Waals surface area contributed by atoms with Gasteiger partial charge in [0.15, 0.2) is 0 Å². The maximum atomic E-state index is 11.7. The third kappa shape index (κ3) is 2.69. The number of nitrogens with one attached hydrogen (secondary N) is 2. The summed E-state index contributed by atoms with van der Waals surface area (Å²) in [5, 5.41) is 14.5. The van der Waals surface area contributed by atoms with Gasteiger partial charge in [0, 0.05) is 6.54 Å². The minimum absolute atomic E-state index is 0.00110. The molecule has 0 aromatic rings. The van der Waals surface area contributed by atoms with Gasteiger partial charge in [0.05, 0.1) is 12.6 Å². The maximum absolute atomic E-state index is 11.7. The molecule has 14 heavy (non-hydrogen) atoms. The Morgan fingerprint density at radius 2 is 2.36 bits per heavy atom. The van der Waals surface area contributed by atoms with Gasteiger partial charge in [-0.2, -0.15) is 0 Å². The van der Waals surface area contributed by atoms with Crippen LogP contribution in [0, 0.1) is 5.41 Å². The topological polar surface area (TPSA) is 61.4 Å². The van der Waals surface area contributed by atoms with Crippen LogP contribution < -0.4 is 10.6 Å². The number of hydrogen-bond donors (Lipinski definition) is 3. The lowest BCUT2D eigenvalue weighted by atomic mass is 9.77. The van der Waals surface area contributed by atoms with Crippen LogP contribution in [0.2, 0.25) is 0 Å². The molecule has 4 heteroatoms. The van der Waals surface area contributed by atoms with Crippen LogP contribution in [0.25, 0.3) is 0 Å². The van der Waals surface area contributed by atoms with Crippen molar-refractivity contribution in [3.05, 3.63) is 0 Å². The van der Waals surface area contributed by atoms with Crippen molar-refractivity contribution < 1.29 is 9.90 Å². The summed E-state index contributed by atoms with van der Waals surface area (Å²) in [7, 11) is 0. The molecule has 1 amide bonds. The molecule has 82 valence electrons. The minimum atomic E-state index is -0.122. The number of carbonyl (C=O) groups is 1. The van der Waals surface area contributed by atoms with Crippen LogP contribution in [0.5, 0.6) is 0 Å². The van der Waals surface area contributed by atoms with E-state index >= 15 is 0 Å². The van der Waals surface area contributed by atoms with E-state index in [0.717, 1.165) is 19.4 Å². The first kappa shape index (κ1) is 11.5. The van der Waals surface area contributed by atoms with E-state index < -0.39 is 0 Å². The minimum Gasteiger partial charge on any atom is -0.395 e. The largest absolute Gasteiger partial charge is 0.395 e. The summed E-state index contributed by atoms with van der Waals surface area (Å²) in [5.74, 6) is 0.00347. The van der Waals surface area contributed by atoms with Crippen LogP contribution in [0.3, 0.4) is 0 Å². The van der Waals surface area contributed by atoms with Gasteiger partial charge in [0.1, 0.15) is 0 Å². The lowest BCUT2D eigenvalue weighted by Gasteiger charge is -2.38. The normalized spacial score (nSPS) is 25.8. The quantitative estimate of drug-likeness (QED) is 0.595. The van der Waals surface area contributed by atoms with E-state index in [4.69, 9.17) is 5.11 Å². The molecule has 1 unspecified atom stereocenters. The average molecular weight is 200 g/mol. The zero-order chi connectivity index (χ0) is 10.6. The van der Waals surface area contributed by atoms with Gasteiger partial charge in [-0.15, -0.1) is 0 Å². The molecule has 0 radical (unpaired) electrons. The monoisotopic (exact) mass is 200 g/mol. The van der Waals surface area contributed by atoms with E-state index in [9.17, 15) is 4.79 Å². The van der Waals surface area contributed by atoms with Gasteiger partial charge in [-0.1, -0.05) is 13.8 Å². The van der Waals surface area contributed by atoms with Gasteiger partial charge in [0.2, 0.25) is 5.91 Å². The number of amides is 1. The molecule has 1 atom stereocenters. The lowest BCUT2D eigenvalue weighted by Crippen LogP contribution is -2.55. The highest BCUT2D eigenvalue weighted by molar-refractivity contribution is 5.82. The summed E-state index contributed by atoms with van der Waals surface area (Å²) in [6.07, 6.45) is 2.19. The Bertz CT molecular complexity index is 204. The molecule has 3 N–H and O–H groups in total. The van der Waals surface area contributed by atoms with Crippen LogP contribution in [0.4, 0.5) is 0 Å². The molecule has 0 spiro atoms. The second-order valence-corrected chi connectivity index (χ2v) is 4.49. The highest BCUT2D eigenvalue weighted by atomic mass is 16.3. The zero-order valence-corrected chi connectivity index (χ0v) is 8.97. The highest BCUT2D eigenvalue weighted by Crippen LogP contribution is 2.29. The molecule has 0 aromatic carbocycles. The van der Waals surface area contributed by atoms with Crippen molar-refractivity contribution in [1.82, 2.24) is 10.6 Å². The second kappa shape index (κ2) is 4.75. The summed E-state index contributed by atoms with van der Waals surface area (Å²) in [4.78, 5) is 11.7. The SMILES string of the molecule is CC1(C)CCCNC1C(=O)NCCO. The molecule has 1 rings (SSSR count). The molecule has 1 heterocycles. The van der Waals surface area contributed by atoms with Gasteiger partial charge in [0.25, 0.3) is 0 Å². The number of piperidine rings is 1. The number of aliphatic hydroxyl groups is 1. The Hall–Kier alpha value is -0.610. The van der Waals surface area contributed by atoms with Crippen molar-refractivity contribution in [2.45, 2.75) is 32.7 Å². The molecular formula is C10H20N2O2. The van der Waals surface area contributed by atoms with Crippen LogP contribution in [0.15, 0.2) is 0 Å². The van der Waals surface area contributed by atoms with E-state index in [-0.39, 0.29) is 24.0 Å². The second-order valence-electron chi connectivity index (χ2n) is 4.49. The van der Waals surface area contributed by atoms with E-state index in [0.29, 0.717) is 6.54 Å². The molecule has 0 saturated carbocycles. The van der Waals surface area contributed by atoms with E-state index in [1.807, 2.05) is 0 Å². The van der Waals surface area contributed by atoms with Crippen LogP contribution in [-0.2, 0) is 4.79 Å². The van der Waals surface area contributed by atoms with E-state index in [1.54, 1.807) is 0 Å². The summed E-state index contributed by atoms with van der Waals surface area (Å²) in [5.41, 5.74) is 0.0117. The number of hydrogen-bond acceptors (Lipinski definition) is 3. The van der Waals surface area contributed by atoms with Gasteiger partial charge in [-0.3, -0.25) is 4.79 Å². The molecular weight excluding hydrogens is 180 g/mol. The average Bonchev–Trinajstić information content (AvgIpc) is 2.13. The Balaban J connectivity index is 2.51. The Labute approximate surface area is 85.1 Å². The number of rotatable bonds is 3. The number of carbonyl (C=O) groups excluding carboxylic acids is 1. The summed E-state index contributed by atoms with van der Waals surface area (Å²) in [6, 6.07) is -0.122. The third-order valence-corrected chi connectivity index (χ3v) is 2.80. The molecule has 1 fully saturated rings. The standard InChI is InChI=1S/C10H20N2O2/c1-10(2)4-3-5-11-8(10)9(14)12-6-7-13/h8,11,13H,3-7H2,1-2H3,(H,12,14). The van der Waals surface area contributed by atoms with Gasteiger partial charge in [-0.25, -0.2) is 0 Å². The van der Waals surface area contributed by atoms with Crippen molar-refractivity contribution in [3.63, 3.8) is 0 Å². The van der Waals surface area contributed by atoms with Crippen LogP contribution in [-0.4, -0.2) is 36.8 Å². The predicted molar refractivity (Wildman–Crippen MR) is 54.9 cm³/mol. The van der Waals surface area contributed by atoms with Gasteiger partial charge >= 0.3 is 0 Å². The molecule has 1 aliphatic heterocycles. The fraction of sp³-hybridized carbons (Fsp3) is 0.900. The number of aliphatic hydroxyl groups excluding tert-OH is 1. The van der Waals surface area contributed by atoms with Gasteiger partial charge < -0.3 is 15.7 Å².